The fourth-order valence-electron chi connectivity index (χ4n) is 3.29. The Bertz CT molecular complexity index is 616. The summed E-state index contributed by atoms with van der Waals surface area (Å²) in [5, 5.41) is 3.04. The Morgan fingerprint density at radius 1 is 1.27 bits per heavy atom. The molecule has 2 aromatic rings. The standard InChI is InChI=1S/C17H20FN3O/c18-15-5-3-14(4-6-15)17(7-1-2-8-17)12-20-16(22)11-21-10-9-19-13-21/h3-6,9-10,13H,1-2,7-8,11-12H2,(H,20,22). The Morgan fingerprint density at radius 3 is 2.64 bits per heavy atom. The van der Waals surface area contributed by atoms with Crippen molar-refractivity contribution in [3.05, 3.63) is 54.4 Å². The van der Waals surface area contributed by atoms with Crippen molar-refractivity contribution in [2.24, 2.45) is 0 Å². The molecule has 1 saturated carbocycles. The number of carbonyl (C=O) groups excluding carboxylic acids is 1. The second-order valence-corrected chi connectivity index (χ2v) is 6.01. The first-order valence-corrected chi connectivity index (χ1v) is 7.66. The number of amides is 1. The molecule has 0 spiro atoms. The minimum absolute atomic E-state index is 0.0219. The fraction of sp³-hybridized carbons (Fsp3) is 0.412. The first-order chi connectivity index (χ1) is 10.7. The summed E-state index contributed by atoms with van der Waals surface area (Å²) in [6.07, 6.45) is 9.41. The summed E-state index contributed by atoms with van der Waals surface area (Å²) in [5.41, 5.74) is 1.06. The predicted octanol–water partition coefficient (Wildman–Crippen LogP) is 2.65. The summed E-state index contributed by atoms with van der Waals surface area (Å²) < 4.78 is 14.9. The van der Waals surface area contributed by atoms with Crippen LogP contribution >= 0.6 is 0 Å². The third kappa shape index (κ3) is 3.18. The zero-order valence-corrected chi connectivity index (χ0v) is 12.5. The Morgan fingerprint density at radius 2 is 2.00 bits per heavy atom. The highest BCUT2D eigenvalue weighted by molar-refractivity contribution is 5.75. The molecule has 1 heterocycles. The first-order valence-electron chi connectivity index (χ1n) is 7.66. The lowest BCUT2D eigenvalue weighted by molar-refractivity contribution is -0.121. The molecule has 0 atom stereocenters. The average Bonchev–Trinajstić information content (AvgIpc) is 3.18. The van der Waals surface area contributed by atoms with E-state index < -0.39 is 0 Å². The van der Waals surface area contributed by atoms with Crippen molar-refractivity contribution in [1.82, 2.24) is 14.9 Å². The first kappa shape index (κ1) is 14.8. The van der Waals surface area contributed by atoms with Crippen LogP contribution in [0.15, 0.2) is 43.0 Å². The van der Waals surface area contributed by atoms with Crippen molar-refractivity contribution >= 4 is 5.91 Å². The third-order valence-corrected chi connectivity index (χ3v) is 4.53. The van der Waals surface area contributed by atoms with Crippen LogP contribution in [-0.4, -0.2) is 22.0 Å². The highest BCUT2D eigenvalue weighted by atomic mass is 19.1. The van der Waals surface area contributed by atoms with E-state index in [1.807, 2.05) is 12.1 Å². The Hall–Kier alpha value is -2.17. The molecular weight excluding hydrogens is 281 g/mol. The molecule has 1 aliphatic rings. The SMILES string of the molecule is O=C(Cn1ccnc1)NCC1(c2ccc(F)cc2)CCCC1. The van der Waals surface area contributed by atoms with Crippen LogP contribution < -0.4 is 5.32 Å². The van der Waals surface area contributed by atoms with Gasteiger partial charge in [0.25, 0.3) is 0 Å². The van der Waals surface area contributed by atoms with Gasteiger partial charge in [-0.15, -0.1) is 0 Å². The number of hydrogen-bond acceptors (Lipinski definition) is 2. The number of rotatable bonds is 5. The molecule has 4 nitrogen and oxygen atoms in total. The van der Waals surface area contributed by atoms with Gasteiger partial charge >= 0.3 is 0 Å². The van der Waals surface area contributed by atoms with Crippen LogP contribution in [0.2, 0.25) is 0 Å². The van der Waals surface area contributed by atoms with Crippen molar-refractivity contribution in [2.75, 3.05) is 6.54 Å². The number of nitrogens with zero attached hydrogens (tertiary/aromatic N) is 2. The van der Waals surface area contributed by atoms with Crippen LogP contribution in [0.3, 0.4) is 0 Å². The van der Waals surface area contributed by atoms with E-state index in [4.69, 9.17) is 0 Å². The van der Waals surface area contributed by atoms with E-state index in [-0.39, 0.29) is 23.7 Å². The van der Waals surface area contributed by atoms with Gasteiger partial charge in [0.1, 0.15) is 12.4 Å². The maximum absolute atomic E-state index is 13.1. The van der Waals surface area contributed by atoms with Gasteiger partial charge in [-0.2, -0.15) is 0 Å². The Labute approximate surface area is 129 Å². The van der Waals surface area contributed by atoms with Crippen LogP contribution in [-0.2, 0) is 16.8 Å². The molecule has 116 valence electrons. The van der Waals surface area contributed by atoms with Gasteiger partial charge in [0, 0.05) is 24.4 Å². The molecule has 1 aromatic carbocycles. The average molecular weight is 301 g/mol. The molecule has 0 unspecified atom stereocenters. The predicted molar refractivity (Wildman–Crippen MR) is 81.8 cm³/mol. The van der Waals surface area contributed by atoms with Gasteiger partial charge in [0.15, 0.2) is 0 Å². The number of aromatic nitrogens is 2. The normalized spacial score (nSPS) is 16.6. The van der Waals surface area contributed by atoms with Crippen LogP contribution in [0, 0.1) is 5.82 Å². The van der Waals surface area contributed by atoms with Crippen molar-refractivity contribution in [2.45, 2.75) is 37.6 Å². The van der Waals surface area contributed by atoms with Crippen LogP contribution in [0.5, 0.6) is 0 Å². The lowest BCUT2D eigenvalue weighted by Crippen LogP contribution is -2.40. The highest BCUT2D eigenvalue weighted by Gasteiger charge is 2.35. The van der Waals surface area contributed by atoms with E-state index in [0.717, 1.165) is 31.2 Å². The molecule has 0 aliphatic heterocycles. The number of imidazole rings is 1. The van der Waals surface area contributed by atoms with Gasteiger partial charge in [-0.1, -0.05) is 25.0 Å². The van der Waals surface area contributed by atoms with Gasteiger partial charge in [0.2, 0.25) is 5.91 Å². The summed E-state index contributed by atoms with van der Waals surface area (Å²) in [7, 11) is 0. The maximum Gasteiger partial charge on any atom is 0.240 e. The number of hydrogen-bond donors (Lipinski definition) is 1. The minimum atomic E-state index is -0.221. The molecule has 1 aromatic heterocycles. The van der Waals surface area contributed by atoms with Gasteiger partial charge < -0.3 is 9.88 Å². The van der Waals surface area contributed by atoms with Crippen molar-refractivity contribution in [3.8, 4) is 0 Å². The lowest BCUT2D eigenvalue weighted by Gasteiger charge is -2.30. The topological polar surface area (TPSA) is 46.9 Å². The lowest BCUT2D eigenvalue weighted by atomic mass is 9.79. The van der Waals surface area contributed by atoms with E-state index in [1.54, 1.807) is 23.3 Å². The van der Waals surface area contributed by atoms with Gasteiger partial charge in [0.05, 0.1) is 6.33 Å². The number of benzene rings is 1. The molecule has 1 N–H and O–H groups in total. The highest BCUT2D eigenvalue weighted by Crippen LogP contribution is 2.40. The summed E-state index contributed by atoms with van der Waals surface area (Å²) in [6, 6.07) is 6.71. The maximum atomic E-state index is 13.1. The second kappa shape index (κ2) is 6.30. The second-order valence-electron chi connectivity index (χ2n) is 6.01. The van der Waals surface area contributed by atoms with Crippen molar-refractivity contribution in [3.63, 3.8) is 0 Å². The molecule has 1 fully saturated rings. The van der Waals surface area contributed by atoms with E-state index in [9.17, 15) is 9.18 Å². The van der Waals surface area contributed by atoms with Crippen LogP contribution in [0.4, 0.5) is 4.39 Å². The van der Waals surface area contributed by atoms with Gasteiger partial charge in [-0.3, -0.25) is 4.79 Å². The largest absolute Gasteiger partial charge is 0.354 e. The zero-order valence-electron chi connectivity index (χ0n) is 12.5. The summed E-state index contributed by atoms with van der Waals surface area (Å²) >= 11 is 0. The molecule has 0 radical (unpaired) electrons. The van der Waals surface area contributed by atoms with Gasteiger partial charge in [-0.25, -0.2) is 9.37 Å². The van der Waals surface area contributed by atoms with E-state index in [1.165, 1.54) is 12.1 Å². The fourth-order valence-corrected chi connectivity index (χ4v) is 3.29. The third-order valence-electron chi connectivity index (χ3n) is 4.53. The Kier molecular flexibility index (Phi) is 4.22. The minimum Gasteiger partial charge on any atom is -0.354 e. The van der Waals surface area contributed by atoms with Crippen LogP contribution in [0.1, 0.15) is 31.2 Å². The molecule has 1 amide bonds. The molecule has 0 bridgehead atoms. The summed E-state index contributed by atoms with van der Waals surface area (Å²) in [6.45, 7) is 0.881. The van der Waals surface area contributed by atoms with E-state index in [2.05, 4.69) is 10.3 Å². The molecule has 3 rings (SSSR count). The summed E-state index contributed by atoms with van der Waals surface area (Å²) in [5.74, 6) is -0.243. The number of nitrogens with one attached hydrogen (secondary N) is 1. The molecular formula is C17H20FN3O. The monoisotopic (exact) mass is 301 g/mol. The summed E-state index contributed by atoms with van der Waals surface area (Å²) in [4.78, 5) is 16.0. The number of carbonyl (C=O) groups is 1. The molecule has 5 heteroatoms. The van der Waals surface area contributed by atoms with Gasteiger partial charge in [-0.05, 0) is 30.5 Å². The van der Waals surface area contributed by atoms with Crippen molar-refractivity contribution < 1.29 is 9.18 Å². The van der Waals surface area contributed by atoms with Crippen molar-refractivity contribution in [1.29, 1.82) is 0 Å². The quantitative estimate of drug-likeness (QED) is 0.923. The zero-order chi connectivity index (χ0) is 15.4. The van der Waals surface area contributed by atoms with E-state index in [0.29, 0.717) is 6.54 Å². The number of halogens is 1. The molecule has 1 aliphatic carbocycles. The molecule has 0 saturated heterocycles. The van der Waals surface area contributed by atoms with Crippen LogP contribution in [0.25, 0.3) is 0 Å². The van der Waals surface area contributed by atoms with E-state index >= 15 is 0 Å². The smallest absolute Gasteiger partial charge is 0.240 e. The molecule has 22 heavy (non-hydrogen) atoms. The Balaban J connectivity index is 1.67.